The lowest BCUT2D eigenvalue weighted by atomic mass is 10.3. The highest BCUT2D eigenvalue weighted by atomic mass is 35.5. The second-order valence-corrected chi connectivity index (χ2v) is 2.89. The van der Waals surface area contributed by atoms with Crippen molar-refractivity contribution in [1.29, 1.82) is 0 Å². The topological polar surface area (TPSA) is 46.0 Å². The minimum absolute atomic E-state index is 0.0247. The molecule has 1 aromatic heterocycles. The van der Waals surface area contributed by atoms with Gasteiger partial charge in [0.1, 0.15) is 0 Å². The predicted molar refractivity (Wildman–Crippen MR) is 50.6 cm³/mol. The van der Waals surface area contributed by atoms with Crippen molar-refractivity contribution < 1.29 is 5.11 Å². The Morgan fingerprint density at radius 1 is 1.38 bits per heavy atom. The number of aliphatic hydroxyl groups is 1. The molecule has 0 aliphatic rings. The SMILES string of the molecule is OCCC#Cc1cc(Cl)nnc1Cl. The van der Waals surface area contributed by atoms with E-state index in [2.05, 4.69) is 22.0 Å². The standard InChI is InChI=1S/C8H6Cl2N2O/c9-7-5-6(3-1-2-4-13)8(10)12-11-7/h5,13H,2,4H2. The van der Waals surface area contributed by atoms with Crippen molar-refractivity contribution in [1.82, 2.24) is 10.2 Å². The molecule has 0 aliphatic heterocycles. The lowest BCUT2D eigenvalue weighted by Crippen LogP contribution is -1.87. The molecule has 1 aromatic rings. The molecule has 0 atom stereocenters. The normalized spacial score (nSPS) is 9.15. The highest BCUT2D eigenvalue weighted by Gasteiger charge is 1.99. The second kappa shape index (κ2) is 5.03. The molecule has 1 N–H and O–H groups in total. The molecule has 3 nitrogen and oxygen atoms in total. The van der Waals surface area contributed by atoms with E-state index in [9.17, 15) is 0 Å². The smallest absolute Gasteiger partial charge is 0.167 e. The monoisotopic (exact) mass is 216 g/mol. The molecule has 0 bridgehead atoms. The van der Waals surface area contributed by atoms with Crippen molar-refractivity contribution >= 4 is 23.2 Å². The Kier molecular flexibility index (Phi) is 3.97. The molecule has 0 fully saturated rings. The van der Waals surface area contributed by atoms with Gasteiger partial charge in [-0.25, -0.2) is 0 Å². The Balaban J connectivity index is 2.89. The minimum Gasteiger partial charge on any atom is -0.395 e. The highest BCUT2D eigenvalue weighted by Crippen LogP contribution is 2.13. The van der Waals surface area contributed by atoms with Gasteiger partial charge in [-0.2, -0.15) is 0 Å². The van der Waals surface area contributed by atoms with Crippen LogP contribution >= 0.6 is 23.2 Å². The van der Waals surface area contributed by atoms with Gasteiger partial charge in [0.05, 0.1) is 12.2 Å². The van der Waals surface area contributed by atoms with Crippen molar-refractivity contribution in [2.45, 2.75) is 6.42 Å². The van der Waals surface area contributed by atoms with E-state index in [-0.39, 0.29) is 16.9 Å². The number of aliphatic hydroxyl groups excluding tert-OH is 1. The maximum atomic E-state index is 8.48. The van der Waals surface area contributed by atoms with Crippen LogP contribution in [0.25, 0.3) is 0 Å². The van der Waals surface area contributed by atoms with Crippen LogP contribution in [0.4, 0.5) is 0 Å². The van der Waals surface area contributed by atoms with Crippen molar-refractivity contribution in [2.75, 3.05) is 6.61 Å². The highest BCUT2D eigenvalue weighted by molar-refractivity contribution is 6.32. The summed E-state index contributed by atoms with van der Waals surface area (Å²) in [5.41, 5.74) is 0.523. The molecule has 0 unspecified atom stereocenters. The van der Waals surface area contributed by atoms with E-state index < -0.39 is 0 Å². The molecule has 0 aliphatic carbocycles. The van der Waals surface area contributed by atoms with Gasteiger partial charge >= 0.3 is 0 Å². The van der Waals surface area contributed by atoms with Gasteiger partial charge < -0.3 is 5.11 Å². The van der Waals surface area contributed by atoms with Crippen LogP contribution in [-0.2, 0) is 0 Å². The fourth-order valence-electron chi connectivity index (χ4n) is 0.654. The molecule has 68 valence electrons. The van der Waals surface area contributed by atoms with Gasteiger partial charge in [-0.05, 0) is 6.07 Å². The summed E-state index contributed by atoms with van der Waals surface area (Å²) in [5.74, 6) is 5.43. The van der Waals surface area contributed by atoms with E-state index in [1.807, 2.05) is 0 Å². The van der Waals surface area contributed by atoms with Crippen LogP contribution in [-0.4, -0.2) is 21.9 Å². The maximum Gasteiger partial charge on any atom is 0.167 e. The Hall–Kier alpha value is -0.820. The van der Waals surface area contributed by atoms with Gasteiger partial charge in [0.15, 0.2) is 10.3 Å². The summed E-state index contributed by atoms with van der Waals surface area (Å²) in [6.07, 6.45) is 0.399. The number of aromatic nitrogens is 2. The summed E-state index contributed by atoms with van der Waals surface area (Å²) >= 11 is 11.3. The van der Waals surface area contributed by atoms with Gasteiger partial charge in [-0.1, -0.05) is 35.0 Å². The number of hydrogen-bond acceptors (Lipinski definition) is 3. The van der Waals surface area contributed by atoms with Gasteiger partial charge in [0.2, 0.25) is 0 Å². The second-order valence-electron chi connectivity index (χ2n) is 2.15. The van der Waals surface area contributed by atoms with Gasteiger partial charge in [0, 0.05) is 6.42 Å². The Bertz CT molecular complexity index is 357. The number of halogens is 2. The third-order valence-corrected chi connectivity index (χ3v) is 1.64. The zero-order chi connectivity index (χ0) is 9.68. The first kappa shape index (κ1) is 10.3. The van der Waals surface area contributed by atoms with Gasteiger partial charge in [-0.3, -0.25) is 0 Å². The van der Waals surface area contributed by atoms with E-state index in [0.29, 0.717) is 12.0 Å². The van der Waals surface area contributed by atoms with E-state index in [4.69, 9.17) is 28.3 Å². The molecule has 0 aromatic carbocycles. The molecule has 1 heterocycles. The van der Waals surface area contributed by atoms with Crippen LogP contribution in [0.1, 0.15) is 12.0 Å². The molecule has 1 rings (SSSR count). The molecule has 0 spiro atoms. The summed E-state index contributed by atoms with van der Waals surface area (Å²) < 4.78 is 0. The number of hydrogen-bond donors (Lipinski definition) is 1. The molecule has 0 radical (unpaired) electrons. The first-order chi connectivity index (χ1) is 6.24. The zero-order valence-electron chi connectivity index (χ0n) is 6.59. The van der Waals surface area contributed by atoms with E-state index >= 15 is 0 Å². The average Bonchev–Trinajstić information content (AvgIpc) is 2.11. The fourth-order valence-corrected chi connectivity index (χ4v) is 0.941. The number of nitrogens with zero attached hydrogens (tertiary/aromatic N) is 2. The lowest BCUT2D eigenvalue weighted by Gasteiger charge is -1.92. The summed E-state index contributed by atoms with van der Waals surface area (Å²) in [7, 11) is 0. The third-order valence-electron chi connectivity index (χ3n) is 1.18. The van der Waals surface area contributed by atoms with Gasteiger partial charge in [0.25, 0.3) is 0 Å². The molecule has 0 amide bonds. The van der Waals surface area contributed by atoms with Crippen molar-refractivity contribution in [2.24, 2.45) is 0 Å². The maximum absolute atomic E-state index is 8.48. The van der Waals surface area contributed by atoms with Crippen LogP contribution in [0, 0.1) is 11.8 Å². The lowest BCUT2D eigenvalue weighted by molar-refractivity contribution is 0.305. The van der Waals surface area contributed by atoms with Crippen molar-refractivity contribution in [3.8, 4) is 11.8 Å². The quantitative estimate of drug-likeness (QED) is 0.725. The summed E-state index contributed by atoms with van der Waals surface area (Å²) in [5, 5.41) is 16.1. The van der Waals surface area contributed by atoms with Crippen molar-refractivity contribution in [3.63, 3.8) is 0 Å². The molecule has 0 saturated carbocycles. The summed E-state index contributed by atoms with van der Waals surface area (Å²) in [6, 6.07) is 1.53. The van der Waals surface area contributed by atoms with Gasteiger partial charge in [-0.15, -0.1) is 10.2 Å². The third kappa shape index (κ3) is 3.19. The largest absolute Gasteiger partial charge is 0.395 e. The Labute approximate surface area is 85.7 Å². The van der Waals surface area contributed by atoms with Crippen LogP contribution in [0.15, 0.2) is 6.07 Å². The van der Waals surface area contributed by atoms with Crippen LogP contribution in [0.3, 0.4) is 0 Å². The van der Waals surface area contributed by atoms with Crippen molar-refractivity contribution in [3.05, 3.63) is 21.9 Å². The van der Waals surface area contributed by atoms with E-state index in [0.717, 1.165) is 0 Å². The molecular weight excluding hydrogens is 211 g/mol. The summed E-state index contributed by atoms with van der Waals surface area (Å²) in [6.45, 7) is 0.0247. The van der Waals surface area contributed by atoms with E-state index in [1.54, 1.807) is 0 Å². The van der Waals surface area contributed by atoms with E-state index in [1.165, 1.54) is 6.07 Å². The Morgan fingerprint density at radius 3 is 2.85 bits per heavy atom. The first-order valence-corrected chi connectivity index (χ1v) is 4.28. The minimum atomic E-state index is 0.0247. The molecule has 13 heavy (non-hydrogen) atoms. The van der Waals surface area contributed by atoms with Crippen LogP contribution in [0.5, 0.6) is 0 Å². The predicted octanol–water partition coefficient (Wildman–Crippen LogP) is 1.52. The Morgan fingerprint density at radius 2 is 2.15 bits per heavy atom. The number of rotatable bonds is 1. The first-order valence-electron chi connectivity index (χ1n) is 3.52. The fraction of sp³-hybridized carbons (Fsp3) is 0.250. The average molecular weight is 217 g/mol. The summed E-state index contributed by atoms with van der Waals surface area (Å²) in [4.78, 5) is 0. The van der Waals surface area contributed by atoms with Crippen LogP contribution < -0.4 is 0 Å². The van der Waals surface area contributed by atoms with Crippen LogP contribution in [0.2, 0.25) is 10.3 Å². The zero-order valence-corrected chi connectivity index (χ0v) is 8.10. The molecular formula is C8H6Cl2N2O. The molecule has 0 saturated heterocycles. The molecule has 5 heteroatoms.